The van der Waals surface area contributed by atoms with Crippen LogP contribution >= 0.6 is 0 Å². The lowest BCUT2D eigenvalue weighted by molar-refractivity contribution is -0.141. The minimum absolute atomic E-state index is 0.0847. The molecule has 0 bridgehead atoms. The van der Waals surface area contributed by atoms with Crippen molar-refractivity contribution in [3.63, 3.8) is 0 Å². The van der Waals surface area contributed by atoms with E-state index in [2.05, 4.69) is 0 Å². The van der Waals surface area contributed by atoms with Crippen molar-refractivity contribution in [1.82, 2.24) is 0 Å². The zero-order valence-corrected chi connectivity index (χ0v) is 8.89. The molecule has 0 radical (unpaired) electrons. The zero-order chi connectivity index (χ0) is 11.3. The summed E-state index contributed by atoms with van der Waals surface area (Å²) in [4.78, 5) is 10.6. The molecule has 0 heterocycles. The van der Waals surface area contributed by atoms with Crippen LogP contribution in [0.15, 0.2) is 30.3 Å². The Hall–Kier alpha value is -1.35. The van der Waals surface area contributed by atoms with Crippen molar-refractivity contribution in [2.45, 2.75) is 25.8 Å². The van der Waals surface area contributed by atoms with Crippen LogP contribution in [0.1, 0.15) is 18.9 Å². The van der Waals surface area contributed by atoms with Gasteiger partial charge in [0.05, 0.1) is 5.92 Å². The predicted molar refractivity (Wildman–Crippen MR) is 59.5 cm³/mol. The molecule has 3 N–H and O–H groups in total. The molecule has 0 saturated heterocycles. The van der Waals surface area contributed by atoms with Gasteiger partial charge in [-0.2, -0.15) is 0 Å². The van der Waals surface area contributed by atoms with E-state index in [-0.39, 0.29) is 12.0 Å². The van der Waals surface area contributed by atoms with Gasteiger partial charge in [0.15, 0.2) is 0 Å². The summed E-state index contributed by atoms with van der Waals surface area (Å²) in [6, 6.07) is 9.80. The summed E-state index contributed by atoms with van der Waals surface area (Å²) in [6.07, 6.45) is 1.25. The molecule has 0 aromatic heterocycles. The molecular formula is C12H17NO2. The molecule has 3 heteroatoms. The van der Waals surface area contributed by atoms with Crippen molar-refractivity contribution in [1.29, 1.82) is 0 Å². The van der Waals surface area contributed by atoms with Crippen molar-refractivity contribution >= 4 is 5.97 Å². The van der Waals surface area contributed by atoms with Gasteiger partial charge in [-0.15, -0.1) is 0 Å². The molecule has 3 nitrogen and oxygen atoms in total. The standard InChI is InChI=1S/C12H17NO2/c1-9(12(14)15)7-11(13)8-10-5-3-2-4-6-10/h2-6,9,11H,7-8,13H2,1H3,(H,14,15)/t9-,11+/m0/s1. The second kappa shape index (κ2) is 5.51. The summed E-state index contributed by atoms with van der Waals surface area (Å²) in [5.74, 6) is -1.15. The third kappa shape index (κ3) is 4.13. The number of carbonyl (C=O) groups is 1. The summed E-state index contributed by atoms with van der Waals surface area (Å²) in [5, 5.41) is 8.74. The first kappa shape index (κ1) is 11.7. The maximum Gasteiger partial charge on any atom is 0.306 e. The monoisotopic (exact) mass is 207 g/mol. The highest BCUT2D eigenvalue weighted by atomic mass is 16.4. The quantitative estimate of drug-likeness (QED) is 0.772. The van der Waals surface area contributed by atoms with Crippen LogP contribution in [0.5, 0.6) is 0 Å². The lowest BCUT2D eigenvalue weighted by atomic mass is 9.97. The Labute approximate surface area is 89.9 Å². The van der Waals surface area contributed by atoms with Gasteiger partial charge in [0.1, 0.15) is 0 Å². The SMILES string of the molecule is C[C@@H](C[C@@H](N)Cc1ccccc1)C(=O)O. The molecule has 0 amide bonds. The molecule has 2 atom stereocenters. The normalized spacial score (nSPS) is 14.5. The number of rotatable bonds is 5. The number of aliphatic carboxylic acids is 1. The maximum absolute atomic E-state index is 10.6. The number of carboxylic acid groups (broad SMARTS) is 1. The first-order chi connectivity index (χ1) is 7.09. The fourth-order valence-corrected chi connectivity index (χ4v) is 1.56. The van der Waals surface area contributed by atoms with Gasteiger partial charge >= 0.3 is 5.97 Å². The van der Waals surface area contributed by atoms with E-state index in [1.807, 2.05) is 30.3 Å². The molecule has 0 aliphatic rings. The molecule has 15 heavy (non-hydrogen) atoms. The smallest absolute Gasteiger partial charge is 0.306 e. The minimum atomic E-state index is -0.779. The molecule has 0 aliphatic carbocycles. The average Bonchev–Trinajstić information content (AvgIpc) is 2.18. The van der Waals surface area contributed by atoms with Crippen molar-refractivity contribution < 1.29 is 9.90 Å². The van der Waals surface area contributed by atoms with Crippen LogP contribution in [-0.2, 0) is 11.2 Å². The number of benzene rings is 1. The highest BCUT2D eigenvalue weighted by Gasteiger charge is 2.15. The van der Waals surface area contributed by atoms with Crippen LogP contribution in [0, 0.1) is 5.92 Å². The van der Waals surface area contributed by atoms with Crippen LogP contribution in [0.3, 0.4) is 0 Å². The van der Waals surface area contributed by atoms with Crippen molar-refractivity contribution in [3.05, 3.63) is 35.9 Å². The lowest BCUT2D eigenvalue weighted by Crippen LogP contribution is -2.28. The van der Waals surface area contributed by atoms with E-state index in [4.69, 9.17) is 10.8 Å². The Morgan fingerprint density at radius 3 is 2.53 bits per heavy atom. The first-order valence-corrected chi connectivity index (χ1v) is 5.12. The topological polar surface area (TPSA) is 63.3 Å². The molecule has 0 aliphatic heterocycles. The molecule has 1 aromatic carbocycles. The number of hydrogen-bond donors (Lipinski definition) is 2. The van der Waals surface area contributed by atoms with Crippen LogP contribution in [-0.4, -0.2) is 17.1 Å². The molecule has 0 spiro atoms. The molecule has 0 fully saturated rings. The van der Waals surface area contributed by atoms with Gasteiger partial charge in [-0.1, -0.05) is 37.3 Å². The number of hydrogen-bond acceptors (Lipinski definition) is 2. The number of carboxylic acids is 1. The Balaban J connectivity index is 2.43. The number of nitrogens with two attached hydrogens (primary N) is 1. The average molecular weight is 207 g/mol. The predicted octanol–water partition coefficient (Wildman–Crippen LogP) is 1.67. The van der Waals surface area contributed by atoms with Crippen molar-refractivity contribution in [2.24, 2.45) is 11.7 Å². The molecule has 82 valence electrons. The molecule has 1 aromatic rings. The highest BCUT2D eigenvalue weighted by Crippen LogP contribution is 2.09. The van der Waals surface area contributed by atoms with Crippen molar-refractivity contribution in [3.8, 4) is 0 Å². The fraction of sp³-hybridized carbons (Fsp3) is 0.417. The van der Waals surface area contributed by atoms with E-state index in [1.54, 1.807) is 6.92 Å². The Morgan fingerprint density at radius 1 is 1.40 bits per heavy atom. The largest absolute Gasteiger partial charge is 0.481 e. The first-order valence-electron chi connectivity index (χ1n) is 5.12. The van der Waals surface area contributed by atoms with Gasteiger partial charge in [0, 0.05) is 6.04 Å². The Kier molecular flexibility index (Phi) is 4.31. The van der Waals surface area contributed by atoms with E-state index in [9.17, 15) is 4.79 Å². The zero-order valence-electron chi connectivity index (χ0n) is 8.89. The van der Waals surface area contributed by atoms with Gasteiger partial charge in [-0.05, 0) is 18.4 Å². The van der Waals surface area contributed by atoms with Crippen LogP contribution < -0.4 is 5.73 Å². The van der Waals surface area contributed by atoms with Crippen molar-refractivity contribution in [2.75, 3.05) is 0 Å². The summed E-state index contributed by atoms with van der Waals surface area (Å²) < 4.78 is 0. The fourth-order valence-electron chi connectivity index (χ4n) is 1.56. The Bertz CT molecular complexity index is 311. The summed E-state index contributed by atoms with van der Waals surface area (Å²) in [7, 11) is 0. The van der Waals surface area contributed by atoms with Crippen LogP contribution in [0.2, 0.25) is 0 Å². The maximum atomic E-state index is 10.6. The van der Waals surface area contributed by atoms with Crippen LogP contribution in [0.25, 0.3) is 0 Å². The van der Waals surface area contributed by atoms with E-state index >= 15 is 0 Å². The van der Waals surface area contributed by atoms with Gasteiger partial charge in [0.25, 0.3) is 0 Å². The molecule has 1 rings (SSSR count). The Morgan fingerprint density at radius 2 is 2.00 bits per heavy atom. The van der Waals surface area contributed by atoms with Crippen LogP contribution in [0.4, 0.5) is 0 Å². The molecular weight excluding hydrogens is 190 g/mol. The van der Waals surface area contributed by atoms with E-state index < -0.39 is 5.97 Å². The van der Waals surface area contributed by atoms with E-state index in [0.717, 1.165) is 12.0 Å². The second-order valence-corrected chi connectivity index (χ2v) is 3.92. The minimum Gasteiger partial charge on any atom is -0.481 e. The van der Waals surface area contributed by atoms with Gasteiger partial charge in [-0.25, -0.2) is 0 Å². The van der Waals surface area contributed by atoms with E-state index in [0.29, 0.717) is 6.42 Å². The molecule has 0 saturated carbocycles. The van der Waals surface area contributed by atoms with Gasteiger partial charge < -0.3 is 10.8 Å². The third-order valence-corrected chi connectivity index (χ3v) is 2.42. The third-order valence-electron chi connectivity index (χ3n) is 2.42. The van der Waals surface area contributed by atoms with Gasteiger partial charge in [0.2, 0.25) is 0 Å². The molecule has 0 unspecified atom stereocenters. The second-order valence-electron chi connectivity index (χ2n) is 3.92. The van der Waals surface area contributed by atoms with E-state index in [1.165, 1.54) is 0 Å². The van der Waals surface area contributed by atoms with Gasteiger partial charge in [-0.3, -0.25) is 4.79 Å². The lowest BCUT2D eigenvalue weighted by Gasteiger charge is -2.14. The highest BCUT2D eigenvalue weighted by molar-refractivity contribution is 5.69. The summed E-state index contributed by atoms with van der Waals surface area (Å²) >= 11 is 0. The summed E-state index contributed by atoms with van der Waals surface area (Å²) in [5.41, 5.74) is 7.04. The summed E-state index contributed by atoms with van der Waals surface area (Å²) in [6.45, 7) is 1.69.